The highest BCUT2D eigenvalue weighted by molar-refractivity contribution is 7.89. The van der Waals surface area contributed by atoms with Crippen LogP contribution in [0.1, 0.15) is 12.0 Å². The third kappa shape index (κ3) is 4.46. The lowest BCUT2D eigenvalue weighted by Gasteiger charge is -2.12. The maximum Gasteiger partial charge on any atom is 0.244 e. The molecule has 0 aliphatic heterocycles. The van der Waals surface area contributed by atoms with Gasteiger partial charge in [-0.25, -0.2) is 13.1 Å². The van der Waals surface area contributed by atoms with Gasteiger partial charge in [-0.05, 0) is 24.1 Å². The van der Waals surface area contributed by atoms with Crippen LogP contribution in [0.25, 0.3) is 0 Å². The van der Waals surface area contributed by atoms with Gasteiger partial charge in [-0.15, -0.1) is 0 Å². The van der Waals surface area contributed by atoms with E-state index in [2.05, 4.69) is 4.72 Å². The molecule has 7 heteroatoms. The lowest BCUT2D eigenvalue weighted by atomic mass is 10.2. The summed E-state index contributed by atoms with van der Waals surface area (Å²) in [4.78, 5) is 0.107. The fraction of sp³-hybridized carbons (Fsp3) is 0.500. The van der Waals surface area contributed by atoms with E-state index in [4.69, 9.17) is 15.2 Å². The number of ether oxygens (including phenoxy) is 2. The third-order valence-electron chi connectivity index (χ3n) is 2.57. The van der Waals surface area contributed by atoms with Crippen molar-refractivity contribution in [2.24, 2.45) is 5.73 Å². The average molecular weight is 288 g/mol. The number of hydrogen-bond donors (Lipinski definition) is 2. The van der Waals surface area contributed by atoms with E-state index in [-0.39, 0.29) is 11.4 Å². The largest absolute Gasteiger partial charge is 0.495 e. The number of benzene rings is 1. The van der Waals surface area contributed by atoms with Crippen LogP contribution in [0.15, 0.2) is 23.1 Å². The topological polar surface area (TPSA) is 90.7 Å². The summed E-state index contributed by atoms with van der Waals surface area (Å²) in [7, 11) is -0.599. The van der Waals surface area contributed by atoms with E-state index in [1.165, 1.54) is 13.2 Å². The molecule has 0 aliphatic rings. The van der Waals surface area contributed by atoms with E-state index < -0.39 is 10.0 Å². The number of nitrogens with one attached hydrogen (secondary N) is 1. The highest BCUT2D eigenvalue weighted by atomic mass is 32.2. The summed E-state index contributed by atoms with van der Waals surface area (Å²) in [6.45, 7) is 1.09. The average Bonchev–Trinajstić information content (AvgIpc) is 2.43. The van der Waals surface area contributed by atoms with Crippen LogP contribution < -0.4 is 15.2 Å². The smallest absolute Gasteiger partial charge is 0.244 e. The SMILES string of the molecule is COCCCNS(=O)(=O)c1cc(CN)ccc1OC. The summed E-state index contributed by atoms with van der Waals surface area (Å²) in [6, 6.07) is 4.87. The predicted molar refractivity (Wildman–Crippen MR) is 72.6 cm³/mol. The van der Waals surface area contributed by atoms with Crippen molar-refractivity contribution in [1.82, 2.24) is 4.72 Å². The molecule has 0 atom stereocenters. The Kier molecular flexibility index (Phi) is 6.23. The second kappa shape index (κ2) is 7.44. The molecule has 0 aromatic heterocycles. The summed E-state index contributed by atoms with van der Waals surface area (Å²) in [5.41, 5.74) is 6.25. The summed E-state index contributed by atoms with van der Waals surface area (Å²) in [6.07, 6.45) is 0.606. The van der Waals surface area contributed by atoms with Gasteiger partial charge in [0.2, 0.25) is 10.0 Å². The van der Waals surface area contributed by atoms with Crippen LogP contribution in [0.2, 0.25) is 0 Å². The molecular weight excluding hydrogens is 268 g/mol. The Hall–Kier alpha value is -1.15. The third-order valence-corrected chi connectivity index (χ3v) is 4.05. The van der Waals surface area contributed by atoms with Crippen LogP contribution >= 0.6 is 0 Å². The van der Waals surface area contributed by atoms with E-state index in [0.29, 0.717) is 25.3 Å². The molecule has 0 unspecified atom stereocenters. The van der Waals surface area contributed by atoms with Crippen molar-refractivity contribution < 1.29 is 17.9 Å². The zero-order valence-electron chi connectivity index (χ0n) is 11.2. The Bertz CT molecular complexity index is 502. The first-order chi connectivity index (χ1) is 9.05. The minimum absolute atomic E-state index is 0.107. The Morgan fingerprint density at radius 1 is 1.32 bits per heavy atom. The Morgan fingerprint density at radius 3 is 2.63 bits per heavy atom. The van der Waals surface area contributed by atoms with Crippen molar-refractivity contribution in [3.63, 3.8) is 0 Å². The van der Waals surface area contributed by atoms with Gasteiger partial charge < -0.3 is 15.2 Å². The second-order valence-corrected chi connectivity index (χ2v) is 5.67. The minimum atomic E-state index is -3.60. The van der Waals surface area contributed by atoms with Gasteiger partial charge in [-0.1, -0.05) is 6.07 Å². The Labute approximate surface area is 113 Å². The molecule has 0 amide bonds. The Balaban J connectivity index is 2.92. The van der Waals surface area contributed by atoms with Gasteiger partial charge in [0.15, 0.2) is 0 Å². The fourth-order valence-corrected chi connectivity index (χ4v) is 2.85. The van der Waals surface area contributed by atoms with Crippen molar-refractivity contribution in [3.05, 3.63) is 23.8 Å². The zero-order valence-corrected chi connectivity index (χ0v) is 12.0. The van der Waals surface area contributed by atoms with Crippen LogP contribution in [0, 0.1) is 0 Å². The van der Waals surface area contributed by atoms with Crippen LogP contribution in [-0.2, 0) is 21.3 Å². The molecule has 19 heavy (non-hydrogen) atoms. The van der Waals surface area contributed by atoms with Crippen LogP contribution in [0.5, 0.6) is 5.75 Å². The van der Waals surface area contributed by atoms with Gasteiger partial charge in [0.1, 0.15) is 10.6 Å². The van der Waals surface area contributed by atoms with Crippen molar-refractivity contribution in [2.45, 2.75) is 17.9 Å². The quantitative estimate of drug-likeness (QED) is 0.679. The normalized spacial score (nSPS) is 11.5. The van der Waals surface area contributed by atoms with Gasteiger partial charge in [0.25, 0.3) is 0 Å². The molecule has 1 rings (SSSR count). The van der Waals surface area contributed by atoms with Crippen molar-refractivity contribution >= 4 is 10.0 Å². The molecule has 6 nitrogen and oxygen atoms in total. The first-order valence-corrected chi connectivity index (χ1v) is 7.39. The molecule has 0 fully saturated rings. The predicted octanol–water partition coefficient (Wildman–Crippen LogP) is 0.469. The monoisotopic (exact) mass is 288 g/mol. The van der Waals surface area contributed by atoms with E-state index in [1.807, 2.05) is 0 Å². The lowest BCUT2D eigenvalue weighted by molar-refractivity contribution is 0.196. The maximum absolute atomic E-state index is 12.2. The summed E-state index contributed by atoms with van der Waals surface area (Å²) in [5.74, 6) is 0.302. The van der Waals surface area contributed by atoms with Crippen LogP contribution in [0.3, 0.4) is 0 Å². The van der Waals surface area contributed by atoms with Gasteiger partial charge >= 0.3 is 0 Å². The summed E-state index contributed by atoms with van der Waals surface area (Å²) < 4.78 is 36.8. The zero-order chi connectivity index (χ0) is 14.3. The van der Waals surface area contributed by atoms with E-state index in [1.54, 1.807) is 19.2 Å². The number of rotatable bonds is 8. The summed E-state index contributed by atoms with van der Waals surface area (Å²) in [5, 5.41) is 0. The minimum Gasteiger partial charge on any atom is -0.495 e. The number of hydrogen-bond acceptors (Lipinski definition) is 5. The summed E-state index contributed by atoms with van der Waals surface area (Å²) >= 11 is 0. The highest BCUT2D eigenvalue weighted by Gasteiger charge is 2.19. The molecule has 0 bridgehead atoms. The lowest BCUT2D eigenvalue weighted by Crippen LogP contribution is -2.26. The molecule has 0 saturated heterocycles. The van der Waals surface area contributed by atoms with Gasteiger partial charge in [-0.3, -0.25) is 0 Å². The number of sulfonamides is 1. The first-order valence-electron chi connectivity index (χ1n) is 5.90. The maximum atomic E-state index is 12.2. The van der Waals surface area contributed by atoms with Crippen molar-refractivity contribution in [2.75, 3.05) is 27.4 Å². The van der Waals surface area contributed by atoms with Crippen molar-refractivity contribution in [1.29, 1.82) is 0 Å². The number of nitrogens with two attached hydrogens (primary N) is 1. The molecular formula is C12H20N2O4S. The van der Waals surface area contributed by atoms with Crippen molar-refractivity contribution in [3.8, 4) is 5.75 Å². The molecule has 0 aliphatic carbocycles. The van der Waals surface area contributed by atoms with E-state index in [9.17, 15) is 8.42 Å². The molecule has 108 valence electrons. The van der Waals surface area contributed by atoms with Crippen LogP contribution in [0.4, 0.5) is 0 Å². The standard InChI is InChI=1S/C12H20N2O4S/c1-17-7-3-6-14-19(15,16)12-8-10(9-13)4-5-11(12)18-2/h4-5,8,14H,3,6-7,9,13H2,1-2H3. The molecule has 1 aromatic rings. The van der Waals surface area contributed by atoms with E-state index in [0.717, 1.165) is 5.56 Å². The molecule has 1 aromatic carbocycles. The molecule has 0 spiro atoms. The van der Waals surface area contributed by atoms with Gasteiger partial charge in [-0.2, -0.15) is 0 Å². The Morgan fingerprint density at radius 2 is 2.05 bits per heavy atom. The van der Waals surface area contributed by atoms with Gasteiger partial charge in [0.05, 0.1) is 7.11 Å². The first kappa shape index (κ1) is 15.9. The fourth-order valence-electron chi connectivity index (χ4n) is 1.56. The molecule has 0 saturated carbocycles. The van der Waals surface area contributed by atoms with E-state index >= 15 is 0 Å². The highest BCUT2D eigenvalue weighted by Crippen LogP contribution is 2.24. The van der Waals surface area contributed by atoms with Crippen LogP contribution in [-0.4, -0.2) is 35.8 Å². The number of methoxy groups -OCH3 is 2. The molecule has 3 N–H and O–H groups in total. The molecule has 0 heterocycles. The second-order valence-electron chi connectivity index (χ2n) is 3.93. The molecule has 0 radical (unpaired) electrons. The van der Waals surface area contributed by atoms with Gasteiger partial charge in [0, 0.05) is 26.8 Å².